The van der Waals surface area contributed by atoms with Gasteiger partial charge in [-0.05, 0) is 18.6 Å². The summed E-state index contributed by atoms with van der Waals surface area (Å²) in [7, 11) is -2.79. The van der Waals surface area contributed by atoms with Gasteiger partial charge >= 0.3 is 6.18 Å². The van der Waals surface area contributed by atoms with Gasteiger partial charge in [-0.2, -0.15) is 17.5 Å². The van der Waals surface area contributed by atoms with Crippen molar-refractivity contribution in [2.24, 2.45) is 0 Å². The van der Waals surface area contributed by atoms with Crippen LogP contribution in [0.3, 0.4) is 0 Å². The summed E-state index contributed by atoms with van der Waals surface area (Å²) < 4.78 is 61.0. The average molecular weight is 324 g/mol. The molecule has 118 valence electrons. The van der Waals surface area contributed by atoms with Gasteiger partial charge in [0.2, 0.25) is 15.9 Å². The summed E-state index contributed by atoms with van der Waals surface area (Å²) in [6.45, 7) is -0.596. The number of carbonyl (C=O) groups excluding carboxylic acids is 1. The molecule has 0 spiro atoms. The largest absolute Gasteiger partial charge is 0.405 e. The second-order valence-electron chi connectivity index (χ2n) is 4.42. The van der Waals surface area contributed by atoms with Crippen LogP contribution in [0.15, 0.2) is 29.2 Å². The van der Waals surface area contributed by atoms with E-state index in [4.69, 9.17) is 0 Å². The van der Waals surface area contributed by atoms with Gasteiger partial charge in [0, 0.05) is 7.05 Å². The lowest BCUT2D eigenvalue weighted by atomic mass is 10.2. The molecule has 0 unspecified atom stereocenters. The van der Waals surface area contributed by atoms with Crippen molar-refractivity contribution in [3.63, 3.8) is 0 Å². The van der Waals surface area contributed by atoms with E-state index >= 15 is 0 Å². The number of halogens is 3. The van der Waals surface area contributed by atoms with E-state index in [9.17, 15) is 26.4 Å². The van der Waals surface area contributed by atoms with Gasteiger partial charge in [-0.15, -0.1) is 0 Å². The van der Waals surface area contributed by atoms with Crippen molar-refractivity contribution < 1.29 is 26.4 Å². The Bertz CT molecular complexity index is 614. The minimum Gasteiger partial charge on any atom is -0.346 e. The maximum absolute atomic E-state index is 12.2. The number of rotatable bonds is 5. The van der Waals surface area contributed by atoms with Crippen LogP contribution in [-0.2, 0) is 14.8 Å². The van der Waals surface area contributed by atoms with E-state index in [1.165, 1.54) is 12.1 Å². The van der Waals surface area contributed by atoms with E-state index in [2.05, 4.69) is 0 Å². The smallest absolute Gasteiger partial charge is 0.346 e. The summed E-state index contributed by atoms with van der Waals surface area (Å²) in [5.41, 5.74) is 0.486. The van der Waals surface area contributed by atoms with Crippen molar-refractivity contribution in [1.29, 1.82) is 0 Å². The van der Waals surface area contributed by atoms with Crippen LogP contribution >= 0.6 is 0 Å². The van der Waals surface area contributed by atoms with Crippen molar-refractivity contribution in [2.75, 3.05) is 20.1 Å². The van der Waals surface area contributed by atoms with Gasteiger partial charge in [0.1, 0.15) is 6.54 Å². The first-order valence-corrected chi connectivity index (χ1v) is 7.33. The number of amides is 1. The minimum atomic E-state index is -4.54. The third kappa shape index (κ3) is 5.01. The molecular formula is C12H15F3N2O3S. The van der Waals surface area contributed by atoms with Gasteiger partial charge in [0.15, 0.2) is 0 Å². The molecule has 0 saturated carbocycles. The molecule has 0 bridgehead atoms. The molecule has 0 atom stereocenters. The predicted molar refractivity (Wildman–Crippen MR) is 70.1 cm³/mol. The average Bonchev–Trinajstić information content (AvgIpc) is 2.35. The third-order valence-electron chi connectivity index (χ3n) is 2.63. The third-order valence-corrected chi connectivity index (χ3v) is 4.60. The Morgan fingerprint density at radius 2 is 1.86 bits per heavy atom. The van der Waals surface area contributed by atoms with Crippen LogP contribution < -0.4 is 5.32 Å². The zero-order valence-electron chi connectivity index (χ0n) is 11.4. The maximum atomic E-state index is 12.2. The van der Waals surface area contributed by atoms with E-state index in [1.807, 2.05) is 0 Å². The summed E-state index contributed by atoms with van der Waals surface area (Å²) >= 11 is 0. The molecule has 1 N–H and O–H groups in total. The quantitative estimate of drug-likeness (QED) is 0.888. The van der Waals surface area contributed by atoms with Crippen LogP contribution in [0.5, 0.6) is 0 Å². The van der Waals surface area contributed by atoms with Crippen LogP contribution in [0.1, 0.15) is 5.56 Å². The Labute approximate surface area is 120 Å². The highest BCUT2D eigenvalue weighted by atomic mass is 32.2. The zero-order valence-corrected chi connectivity index (χ0v) is 12.3. The lowest BCUT2D eigenvalue weighted by molar-refractivity contribution is -0.138. The molecule has 0 radical (unpaired) electrons. The number of sulfonamides is 1. The zero-order chi connectivity index (χ0) is 16.3. The highest BCUT2D eigenvalue weighted by Crippen LogP contribution is 2.18. The summed E-state index contributed by atoms with van der Waals surface area (Å²) in [6, 6.07) is 6.14. The number of hydrogen-bond acceptors (Lipinski definition) is 3. The molecule has 1 aromatic rings. The summed E-state index contributed by atoms with van der Waals surface area (Å²) in [6.07, 6.45) is -4.54. The Kier molecular flexibility index (Phi) is 5.35. The number of aryl methyl sites for hydroxylation is 1. The second kappa shape index (κ2) is 6.44. The van der Waals surface area contributed by atoms with Gasteiger partial charge < -0.3 is 5.32 Å². The van der Waals surface area contributed by atoms with Crippen molar-refractivity contribution >= 4 is 15.9 Å². The monoisotopic (exact) mass is 324 g/mol. The van der Waals surface area contributed by atoms with Gasteiger partial charge in [0.05, 0.1) is 11.4 Å². The van der Waals surface area contributed by atoms with E-state index in [1.54, 1.807) is 24.4 Å². The van der Waals surface area contributed by atoms with Crippen LogP contribution in [0, 0.1) is 6.92 Å². The fraction of sp³-hybridized carbons (Fsp3) is 0.417. The summed E-state index contributed by atoms with van der Waals surface area (Å²) in [4.78, 5) is 11.4. The molecule has 1 rings (SSSR count). The highest BCUT2D eigenvalue weighted by molar-refractivity contribution is 7.89. The number of benzene rings is 1. The molecule has 0 heterocycles. The van der Waals surface area contributed by atoms with Crippen LogP contribution in [0.2, 0.25) is 0 Å². The summed E-state index contributed by atoms with van der Waals surface area (Å²) in [5.74, 6) is -1.02. The molecule has 9 heteroatoms. The minimum absolute atomic E-state index is 0.0103. The normalized spacial score (nSPS) is 12.5. The second-order valence-corrected chi connectivity index (χ2v) is 6.43. The van der Waals surface area contributed by atoms with Crippen molar-refractivity contribution in [3.8, 4) is 0 Å². The van der Waals surface area contributed by atoms with E-state index in [-0.39, 0.29) is 4.90 Å². The molecule has 0 fully saturated rings. The Balaban J connectivity index is 2.77. The van der Waals surface area contributed by atoms with Crippen molar-refractivity contribution in [2.45, 2.75) is 18.0 Å². The number of carbonyl (C=O) groups is 1. The van der Waals surface area contributed by atoms with E-state index < -0.39 is 35.2 Å². The molecule has 1 aromatic carbocycles. The molecule has 0 aliphatic heterocycles. The molecule has 1 amide bonds. The van der Waals surface area contributed by atoms with Crippen LogP contribution in [0.4, 0.5) is 13.2 Å². The van der Waals surface area contributed by atoms with Gasteiger partial charge in [-0.1, -0.05) is 18.2 Å². The fourth-order valence-electron chi connectivity index (χ4n) is 1.56. The van der Waals surface area contributed by atoms with Crippen molar-refractivity contribution in [3.05, 3.63) is 29.8 Å². The number of nitrogens with one attached hydrogen (secondary N) is 1. The Morgan fingerprint density at radius 1 is 1.29 bits per heavy atom. The van der Waals surface area contributed by atoms with E-state index in [0.717, 1.165) is 7.05 Å². The van der Waals surface area contributed by atoms with Gasteiger partial charge in [0.25, 0.3) is 0 Å². The van der Waals surface area contributed by atoms with Crippen LogP contribution in [0.25, 0.3) is 0 Å². The maximum Gasteiger partial charge on any atom is 0.405 e. The molecule has 5 nitrogen and oxygen atoms in total. The van der Waals surface area contributed by atoms with Crippen LogP contribution in [-0.4, -0.2) is 44.9 Å². The summed E-state index contributed by atoms with van der Waals surface area (Å²) in [5, 5.41) is 1.62. The highest BCUT2D eigenvalue weighted by Gasteiger charge is 2.29. The first kappa shape index (κ1) is 17.4. The lowest BCUT2D eigenvalue weighted by Crippen LogP contribution is -2.41. The Morgan fingerprint density at radius 3 is 2.38 bits per heavy atom. The topological polar surface area (TPSA) is 66.5 Å². The predicted octanol–water partition coefficient (Wildman–Crippen LogP) is 1.29. The molecular weight excluding hydrogens is 309 g/mol. The van der Waals surface area contributed by atoms with Gasteiger partial charge in [-0.3, -0.25) is 4.79 Å². The molecule has 0 saturated heterocycles. The molecule has 21 heavy (non-hydrogen) atoms. The Hall–Kier alpha value is -1.61. The molecule has 0 aromatic heterocycles. The molecule has 0 aliphatic rings. The number of alkyl halides is 3. The standard InChI is InChI=1S/C12H15F3N2O3S/c1-9-5-3-4-6-10(9)21(19,20)17(2)7-11(18)16-8-12(13,14)15/h3-6H,7-8H2,1-2H3,(H,16,18). The van der Waals surface area contributed by atoms with Gasteiger partial charge in [-0.25, -0.2) is 8.42 Å². The number of nitrogens with zero attached hydrogens (tertiary/aromatic N) is 1. The fourth-order valence-corrected chi connectivity index (χ4v) is 2.90. The first-order valence-electron chi connectivity index (χ1n) is 5.89. The number of likely N-dealkylation sites (N-methyl/N-ethyl adjacent to an activating group) is 1. The lowest BCUT2D eigenvalue weighted by Gasteiger charge is -2.18. The van der Waals surface area contributed by atoms with E-state index in [0.29, 0.717) is 9.87 Å². The molecule has 0 aliphatic carbocycles. The van der Waals surface area contributed by atoms with Crippen molar-refractivity contribution in [1.82, 2.24) is 9.62 Å². The first-order chi connectivity index (χ1) is 9.54. The SMILES string of the molecule is Cc1ccccc1S(=O)(=O)N(C)CC(=O)NCC(F)(F)F. The number of hydrogen-bond donors (Lipinski definition) is 1.